The molecule has 0 unspecified atom stereocenters. The summed E-state index contributed by atoms with van der Waals surface area (Å²) in [7, 11) is 0. The number of thioether (sulfide) groups is 1. The fourth-order valence-electron chi connectivity index (χ4n) is 4.42. The molecule has 0 spiro atoms. The lowest BCUT2D eigenvalue weighted by Gasteiger charge is -2.15. The molecule has 218 valence electrons. The number of carbonyl (C=O) groups excluding carboxylic acids is 2. The van der Waals surface area contributed by atoms with Gasteiger partial charge in [-0.2, -0.15) is 0 Å². The molecule has 1 fully saturated rings. The number of nitrogens with zero attached hydrogens (tertiary/aromatic N) is 2. The van der Waals surface area contributed by atoms with Crippen molar-refractivity contribution < 1.29 is 19.1 Å². The topological polar surface area (TPSA) is 80.2 Å². The smallest absolute Gasteiger partial charge is 0.266 e. The van der Waals surface area contributed by atoms with Crippen LogP contribution in [-0.2, 0) is 16.0 Å². The number of carbonyl (C=O) groups is 2. The predicted molar refractivity (Wildman–Crippen MR) is 174 cm³/mol. The highest BCUT2D eigenvalue weighted by atomic mass is 32.2. The Hall–Kier alpha value is -4.82. The number of aliphatic imine (C=N–C) groups is 1. The lowest BCUT2D eigenvalue weighted by molar-refractivity contribution is -0.122. The summed E-state index contributed by atoms with van der Waals surface area (Å²) >= 11 is 1.36. The third-order valence-electron chi connectivity index (χ3n) is 6.60. The molecular weight excluding hydrogens is 558 g/mol. The molecule has 1 N–H and O–H groups in total. The summed E-state index contributed by atoms with van der Waals surface area (Å²) in [6.07, 6.45) is 2.56. The monoisotopic (exact) mass is 591 g/mol. The molecule has 1 saturated heterocycles. The molecule has 4 aromatic carbocycles. The molecule has 0 atom stereocenters. The van der Waals surface area contributed by atoms with Gasteiger partial charge in [-0.3, -0.25) is 14.5 Å². The maximum Gasteiger partial charge on any atom is 0.266 e. The van der Waals surface area contributed by atoms with Gasteiger partial charge in [0.05, 0.1) is 17.2 Å². The van der Waals surface area contributed by atoms with E-state index in [1.165, 1.54) is 11.8 Å². The van der Waals surface area contributed by atoms with E-state index in [-0.39, 0.29) is 18.4 Å². The molecule has 5 rings (SSSR count). The molecule has 8 heteroatoms. The second-order valence-corrected chi connectivity index (χ2v) is 10.9. The highest BCUT2D eigenvalue weighted by Gasteiger charge is 2.33. The number of hydrogen-bond acceptors (Lipinski definition) is 6. The van der Waals surface area contributed by atoms with Crippen LogP contribution < -0.4 is 14.8 Å². The van der Waals surface area contributed by atoms with Crippen LogP contribution in [-0.4, -0.2) is 41.6 Å². The SMILES string of the molecule is CCOc1cc(/C=C2/SC(=Nc3ccc(C)cc3)N(CCc3ccccc3)C2=O)ccc1OCC(=O)Nc1ccccc1. The van der Waals surface area contributed by atoms with E-state index in [0.717, 1.165) is 22.4 Å². The van der Waals surface area contributed by atoms with Crippen molar-refractivity contribution in [1.29, 1.82) is 0 Å². The maximum absolute atomic E-state index is 13.6. The number of amidine groups is 1. The minimum absolute atomic E-state index is 0.0948. The number of hydrogen-bond donors (Lipinski definition) is 1. The molecule has 0 bridgehead atoms. The average Bonchev–Trinajstić information content (AvgIpc) is 3.30. The van der Waals surface area contributed by atoms with E-state index in [9.17, 15) is 9.59 Å². The zero-order chi connectivity index (χ0) is 30.0. The van der Waals surface area contributed by atoms with Gasteiger partial charge in [0.15, 0.2) is 23.3 Å². The molecule has 0 radical (unpaired) electrons. The van der Waals surface area contributed by atoms with Crippen LogP contribution in [0, 0.1) is 6.92 Å². The van der Waals surface area contributed by atoms with Crippen LogP contribution in [0.5, 0.6) is 11.5 Å². The highest BCUT2D eigenvalue weighted by Crippen LogP contribution is 2.36. The second kappa shape index (κ2) is 14.4. The Labute approximate surface area is 256 Å². The summed E-state index contributed by atoms with van der Waals surface area (Å²) in [6.45, 7) is 4.68. The number of benzene rings is 4. The van der Waals surface area contributed by atoms with Crippen molar-refractivity contribution in [1.82, 2.24) is 4.90 Å². The van der Waals surface area contributed by atoms with E-state index in [4.69, 9.17) is 14.5 Å². The summed E-state index contributed by atoms with van der Waals surface area (Å²) in [5, 5.41) is 3.45. The fourth-order valence-corrected chi connectivity index (χ4v) is 5.44. The van der Waals surface area contributed by atoms with Crippen molar-refractivity contribution in [2.75, 3.05) is 25.1 Å². The Bertz CT molecular complexity index is 1620. The fraction of sp³-hybridized carbons (Fsp3) is 0.171. The van der Waals surface area contributed by atoms with Crippen molar-refractivity contribution in [3.63, 3.8) is 0 Å². The normalized spacial score (nSPS) is 14.7. The Morgan fingerprint density at radius 3 is 2.35 bits per heavy atom. The van der Waals surface area contributed by atoms with Crippen LogP contribution >= 0.6 is 11.8 Å². The van der Waals surface area contributed by atoms with Gasteiger partial charge >= 0.3 is 0 Å². The van der Waals surface area contributed by atoms with Gasteiger partial charge in [-0.25, -0.2) is 4.99 Å². The first-order chi connectivity index (χ1) is 21.0. The maximum atomic E-state index is 13.6. The van der Waals surface area contributed by atoms with E-state index in [0.29, 0.717) is 46.8 Å². The van der Waals surface area contributed by atoms with Crippen LogP contribution in [0.1, 0.15) is 23.6 Å². The van der Waals surface area contributed by atoms with Crippen molar-refractivity contribution >= 4 is 46.2 Å². The minimum atomic E-state index is -0.274. The molecule has 2 amide bonds. The Balaban J connectivity index is 1.34. The zero-order valence-corrected chi connectivity index (χ0v) is 25.0. The molecule has 4 aromatic rings. The summed E-state index contributed by atoms with van der Waals surface area (Å²) in [4.78, 5) is 33.2. The number of rotatable bonds is 11. The van der Waals surface area contributed by atoms with E-state index in [2.05, 4.69) is 17.4 Å². The van der Waals surface area contributed by atoms with E-state index in [1.807, 2.05) is 105 Å². The summed E-state index contributed by atoms with van der Waals surface area (Å²) in [6, 6.07) is 32.7. The van der Waals surface area contributed by atoms with Gasteiger partial charge in [0.1, 0.15) is 0 Å². The van der Waals surface area contributed by atoms with Crippen molar-refractivity contribution in [2.45, 2.75) is 20.3 Å². The van der Waals surface area contributed by atoms with Crippen LogP contribution in [0.15, 0.2) is 113 Å². The van der Waals surface area contributed by atoms with E-state index in [1.54, 1.807) is 11.0 Å². The molecule has 43 heavy (non-hydrogen) atoms. The van der Waals surface area contributed by atoms with Gasteiger partial charge in [0.25, 0.3) is 11.8 Å². The van der Waals surface area contributed by atoms with Gasteiger partial charge in [0, 0.05) is 12.2 Å². The van der Waals surface area contributed by atoms with Crippen molar-refractivity contribution in [3.05, 3.63) is 125 Å². The average molecular weight is 592 g/mol. The van der Waals surface area contributed by atoms with Crippen LogP contribution in [0.4, 0.5) is 11.4 Å². The standard InChI is InChI=1S/C35H33N3O4S/c1-3-41-31-22-27(16-19-30(31)42-24-33(39)36-28-12-8-5-9-13-28)23-32-34(40)38(21-20-26-10-6-4-7-11-26)35(43-32)37-29-17-14-25(2)15-18-29/h4-19,22-23H,3,20-21,24H2,1-2H3,(H,36,39)/b32-23+,37-35?. The molecule has 1 aliphatic heterocycles. The largest absolute Gasteiger partial charge is 0.490 e. The predicted octanol–water partition coefficient (Wildman–Crippen LogP) is 7.26. The number of amides is 2. The molecule has 0 aliphatic carbocycles. The lowest BCUT2D eigenvalue weighted by Crippen LogP contribution is -2.31. The molecule has 1 heterocycles. The zero-order valence-electron chi connectivity index (χ0n) is 24.2. The van der Waals surface area contributed by atoms with E-state index < -0.39 is 0 Å². The first-order valence-corrected chi connectivity index (χ1v) is 15.0. The Morgan fingerprint density at radius 1 is 0.907 bits per heavy atom. The summed E-state index contributed by atoms with van der Waals surface area (Å²) in [5.41, 5.74) is 4.57. The van der Waals surface area contributed by atoms with Gasteiger partial charge in [0.2, 0.25) is 0 Å². The molecular formula is C35H33N3O4S. The van der Waals surface area contributed by atoms with Crippen molar-refractivity contribution in [3.8, 4) is 11.5 Å². The molecule has 1 aliphatic rings. The van der Waals surface area contributed by atoms with Gasteiger partial charge in [-0.15, -0.1) is 0 Å². The first-order valence-electron chi connectivity index (χ1n) is 14.1. The van der Waals surface area contributed by atoms with E-state index >= 15 is 0 Å². The van der Waals surface area contributed by atoms with Crippen LogP contribution in [0.3, 0.4) is 0 Å². The minimum Gasteiger partial charge on any atom is -0.490 e. The highest BCUT2D eigenvalue weighted by molar-refractivity contribution is 8.18. The first kappa shape index (κ1) is 29.7. The summed E-state index contributed by atoms with van der Waals surface area (Å²) < 4.78 is 11.6. The second-order valence-electron chi connectivity index (χ2n) is 9.88. The van der Waals surface area contributed by atoms with Crippen LogP contribution in [0.2, 0.25) is 0 Å². The third-order valence-corrected chi connectivity index (χ3v) is 7.60. The van der Waals surface area contributed by atoms with Gasteiger partial charge in [-0.05, 0) is 85.6 Å². The molecule has 0 saturated carbocycles. The van der Waals surface area contributed by atoms with Crippen LogP contribution in [0.25, 0.3) is 6.08 Å². The van der Waals surface area contributed by atoms with Gasteiger partial charge in [-0.1, -0.05) is 72.3 Å². The number of nitrogens with one attached hydrogen (secondary N) is 1. The van der Waals surface area contributed by atoms with Crippen molar-refractivity contribution in [2.24, 2.45) is 4.99 Å². The quantitative estimate of drug-likeness (QED) is 0.186. The number of ether oxygens (including phenoxy) is 2. The molecule has 0 aromatic heterocycles. The lowest BCUT2D eigenvalue weighted by atomic mass is 10.1. The molecule has 7 nitrogen and oxygen atoms in total. The number of anilines is 1. The number of aryl methyl sites for hydroxylation is 1. The Kier molecular flexibility index (Phi) is 9.92. The van der Waals surface area contributed by atoms with Gasteiger partial charge < -0.3 is 14.8 Å². The summed E-state index contributed by atoms with van der Waals surface area (Å²) in [5.74, 6) is 0.574. The third kappa shape index (κ3) is 8.14. The number of para-hydroxylation sites is 1. The Morgan fingerprint density at radius 2 is 1.63 bits per heavy atom.